The van der Waals surface area contributed by atoms with Crippen LogP contribution in [-0.2, 0) is 13.7 Å². The third-order valence-electron chi connectivity index (χ3n) is 4.55. The van der Waals surface area contributed by atoms with Crippen molar-refractivity contribution in [2.45, 2.75) is 27.4 Å². The van der Waals surface area contributed by atoms with Gasteiger partial charge in [0, 0.05) is 37.9 Å². The largest absolute Gasteiger partial charge is 0.392 e. The monoisotopic (exact) mass is 454 g/mol. The molecule has 4 aromatic rings. The van der Waals surface area contributed by atoms with Gasteiger partial charge < -0.3 is 10.0 Å². The first-order chi connectivity index (χ1) is 15.6. The summed E-state index contributed by atoms with van der Waals surface area (Å²) in [6, 6.07) is 7.65. The van der Waals surface area contributed by atoms with Crippen molar-refractivity contribution in [3.8, 4) is 5.69 Å². The molecule has 0 saturated heterocycles. The molecule has 0 spiro atoms. The molecular weight excluding hydrogens is 424 g/mol. The van der Waals surface area contributed by atoms with Gasteiger partial charge in [0.2, 0.25) is 0 Å². The molecule has 1 aromatic carbocycles. The molecule has 0 fully saturated rings. The third kappa shape index (κ3) is 6.18. The van der Waals surface area contributed by atoms with E-state index in [4.69, 9.17) is 16.7 Å². The van der Waals surface area contributed by atoms with Crippen molar-refractivity contribution < 1.29 is 5.11 Å². The number of likely N-dealkylation sites (N-methyl/N-ethyl adjacent to an activating group) is 1. The number of nitrogens with zero attached hydrogens (tertiary/aromatic N) is 6. The topological polar surface area (TPSA) is 72.0 Å². The lowest BCUT2D eigenvalue weighted by Crippen LogP contribution is -2.22. The number of hydrogen-bond donors (Lipinski definition) is 1. The van der Waals surface area contributed by atoms with Crippen molar-refractivity contribution in [2.75, 3.05) is 18.0 Å². The van der Waals surface area contributed by atoms with Gasteiger partial charge in [-0.2, -0.15) is 10.2 Å². The van der Waals surface area contributed by atoms with Crippen LogP contribution in [-0.4, -0.2) is 42.7 Å². The van der Waals surface area contributed by atoms with E-state index in [0.717, 1.165) is 46.0 Å². The van der Waals surface area contributed by atoms with Crippen LogP contribution in [0.15, 0.2) is 67.9 Å². The Balaban J connectivity index is 0.000000304. The molecule has 0 aliphatic rings. The van der Waals surface area contributed by atoms with E-state index in [1.807, 2.05) is 56.2 Å². The maximum absolute atomic E-state index is 8.50. The summed E-state index contributed by atoms with van der Waals surface area (Å²) < 4.78 is 3.64. The van der Waals surface area contributed by atoms with Gasteiger partial charge >= 0.3 is 0 Å². The zero-order valence-corrected chi connectivity index (χ0v) is 19.9. The molecule has 0 aliphatic carbocycles. The first-order valence-corrected chi connectivity index (χ1v) is 11.0. The first kappa shape index (κ1) is 25.1. The van der Waals surface area contributed by atoms with E-state index in [1.54, 1.807) is 29.3 Å². The minimum atomic E-state index is 0.0772. The molecular formula is C24H31ClN6O. The summed E-state index contributed by atoms with van der Waals surface area (Å²) in [6.45, 7) is 11.6. The highest BCUT2D eigenvalue weighted by atomic mass is 35.5. The summed E-state index contributed by atoms with van der Waals surface area (Å²) in [5.74, 6) is 0. The van der Waals surface area contributed by atoms with Gasteiger partial charge in [0.05, 0.1) is 41.4 Å². The van der Waals surface area contributed by atoms with Crippen LogP contribution in [0.5, 0.6) is 0 Å². The summed E-state index contributed by atoms with van der Waals surface area (Å²) in [4.78, 5) is 5.97. The zero-order chi connectivity index (χ0) is 23.5. The van der Waals surface area contributed by atoms with Gasteiger partial charge in [0.1, 0.15) is 5.69 Å². The first-order valence-electron chi connectivity index (χ1n) is 10.6. The van der Waals surface area contributed by atoms with Gasteiger partial charge in [0.15, 0.2) is 0 Å². The Morgan fingerprint density at radius 3 is 2.50 bits per heavy atom. The number of aryl methyl sites for hydroxylation is 1. The van der Waals surface area contributed by atoms with E-state index < -0.39 is 0 Å². The van der Waals surface area contributed by atoms with Crippen LogP contribution < -0.4 is 4.90 Å². The Hall–Kier alpha value is -3.16. The van der Waals surface area contributed by atoms with Crippen molar-refractivity contribution in [1.29, 1.82) is 0 Å². The standard InChI is InChI=1S/C16H18ClN5.C6H7NO.C2H6/c1-4-6-21(5-2)16-8-15-12(7-14(16)17)9-19-22(15)13-10-18-20(3)11-13;8-5-6-2-1-3-7-4-6;1-2/h4,7-11H,1,5-6H2,2-3H3;1-4,8H,5H2;1-2H3. The summed E-state index contributed by atoms with van der Waals surface area (Å²) in [5, 5.41) is 18.9. The Kier molecular flexibility index (Phi) is 9.91. The number of anilines is 1. The minimum Gasteiger partial charge on any atom is -0.392 e. The molecule has 0 bridgehead atoms. The molecule has 1 N–H and O–H groups in total. The van der Waals surface area contributed by atoms with E-state index >= 15 is 0 Å². The van der Waals surface area contributed by atoms with Crippen LogP contribution in [0.3, 0.4) is 0 Å². The fraction of sp³-hybridized carbons (Fsp3) is 0.292. The predicted molar refractivity (Wildman–Crippen MR) is 132 cm³/mol. The van der Waals surface area contributed by atoms with Crippen LogP contribution in [0.1, 0.15) is 26.3 Å². The second-order valence-corrected chi connectivity index (χ2v) is 7.04. The lowest BCUT2D eigenvalue weighted by molar-refractivity contribution is 0.281. The molecule has 0 aliphatic heterocycles. The number of pyridine rings is 1. The SMILES string of the molecule is C=CCN(CC)c1cc2c(cnn2-c2cnn(C)c2)cc1Cl.CC.OCc1cccnc1. The lowest BCUT2D eigenvalue weighted by atomic mass is 10.2. The van der Waals surface area contributed by atoms with Crippen molar-refractivity contribution >= 4 is 28.2 Å². The average molecular weight is 455 g/mol. The van der Waals surface area contributed by atoms with E-state index in [-0.39, 0.29) is 6.61 Å². The molecule has 7 nitrogen and oxygen atoms in total. The van der Waals surface area contributed by atoms with Crippen LogP contribution >= 0.6 is 11.6 Å². The molecule has 32 heavy (non-hydrogen) atoms. The van der Waals surface area contributed by atoms with Gasteiger partial charge in [0.25, 0.3) is 0 Å². The highest BCUT2D eigenvalue weighted by Gasteiger charge is 2.13. The number of fused-ring (bicyclic) bond motifs is 1. The maximum Gasteiger partial charge on any atom is 0.103 e. The number of aliphatic hydroxyl groups excluding tert-OH is 1. The smallest absolute Gasteiger partial charge is 0.103 e. The van der Waals surface area contributed by atoms with Crippen molar-refractivity contribution in [2.24, 2.45) is 7.05 Å². The van der Waals surface area contributed by atoms with Crippen LogP contribution in [0.2, 0.25) is 5.02 Å². The van der Waals surface area contributed by atoms with Gasteiger partial charge in [-0.3, -0.25) is 9.67 Å². The van der Waals surface area contributed by atoms with E-state index in [9.17, 15) is 0 Å². The third-order valence-corrected chi connectivity index (χ3v) is 4.85. The van der Waals surface area contributed by atoms with Crippen molar-refractivity contribution in [3.63, 3.8) is 0 Å². The molecule has 0 unspecified atom stereocenters. The normalized spacial score (nSPS) is 10.1. The number of aromatic nitrogens is 5. The van der Waals surface area contributed by atoms with Gasteiger partial charge in [-0.25, -0.2) is 4.68 Å². The molecule has 3 aromatic heterocycles. The van der Waals surface area contributed by atoms with Gasteiger partial charge in [-0.15, -0.1) is 6.58 Å². The van der Waals surface area contributed by atoms with Gasteiger partial charge in [-0.05, 0) is 30.7 Å². The van der Waals surface area contributed by atoms with Crippen molar-refractivity contribution in [1.82, 2.24) is 24.5 Å². The number of halogens is 1. The molecule has 0 atom stereocenters. The minimum absolute atomic E-state index is 0.0772. The van der Waals surface area contributed by atoms with E-state index in [0.29, 0.717) is 0 Å². The molecule has 0 saturated carbocycles. The fourth-order valence-electron chi connectivity index (χ4n) is 3.05. The fourth-order valence-corrected chi connectivity index (χ4v) is 3.34. The van der Waals surface area contributed by atoms with Gasteiger partial charge in [-0.1, -0.05) is 37.6 Å². The van der Waals surface area contributed by atoms with Crippen molar-refractivity contribution in [3.05, 3.63) is 78.5 Å². The molecule has 0 amide bonds. The Bertz CT molecular complexity index is 1110. The predicted octanol–water partition coefficient (Wildman–Crippen LogP) is 5.02. The van der Waals surface area contributed by atoms with E-state index in [1.165, 1.54) is 0 Å². The zero-order valence-electron chi connectivity index (χ0n) is 19.1. The lowest BCUT2D eigenvalue weighted by Gasteiger charge is -2.22. The summed E-state index contributed by atoms with van der Waals surface area (Å²) >= 11 is 6.44. The van der Waals surface area contributed by atoms with Crippen LogP contribution in [0.25, 0.3) is 16.6 Å². The maximum atomic E-state index is 8.50. The summed E-state index contributed by atoms with van der Waals surface area (Å²) in [5.41, 5.74) is 3.78. The Morgan fingerprint density at radius 1 is 1.19 bits per heavy atom. The van der Waals surface area contributed by atoms with Crippen LogP contribution in [0, 0.1) is 0 Å². The quantitative estimate of drug-likeness (QED) is 0.414. The highest BCUT2D eigenvalue weighted by molar-refractivity contribution is 6.34. The number of benzene rings is 1. The summed E-state index contributed by atoms with van der Waals surface area (Å²) in [7, 11) is 1.89. The number of rotatable bonds is 6. The second kappa shape index (κ2) is 12.6. The molecule has 0 radical (unpaired) electrons. The molecule has 170 valence electrons. The van der Waals surface area contributed by atoms with Crippen LogP contribution in [0.4, 0.5) is 5.69 Å². The highest BCUT2D eigenvalue weighted by Crippen LogP contribution is 2.32. The molecule has 3 heterocycles. The second-order valence-electron chi connectivity index (χ2n) is 6.64. The summed E-state index contributed by atoms with van der Waals surface area (Å²) in [6.07, 6.45) is 10.7. The molecule has 4 rings (SSSR count). The molecule has 8 heteroatoms. The average Bonchev–Trinajstić information content (AvgIpc) is 3.44. The van der Waals surface area contributed by atoms with E-state index in [2.05, 4.69) is 39.7 Å². The number of aliphatic hydroxyl groups is 1. The number of hydrogen-bond acceptors (Lipinski definition) is 5. The Morgan fingerprint density at radius 2 is 1.97 bits per heavy atom. The Labute approximate surface area is 194 Å².